The fourth-order valence-electron chi connectivity index (χ4n) is 1.73. The van der Waals surface area contributed by atoms with Gasteiger partial charge in [-0.25, -0.2) is 0 Å². The lowest BCUT2D eigenvalue weighted by atomic mass is 10.1. The number of nitrogens with one attached hydrogen (secondary N) is 1. The minimum absolute atomic E-state index is 0.0885. The molecular weight excluding hydrogens is 248 g/mol. The molecule has 0 saturated carbocycles. The molecule has 0 spiro atoms. The van der Waals surface area contributed by atoms with Crippen LogP contribution < -0.4 is 11.1 Å². The molecule has 0 saturated heterocycles. The number of amides is 2. The number of unbranched alkanes of at least 4 members (excludes halogenated alkanes) is 2. The molecule has 1 atom stereocenters. The van der Waals surface area contributed by atoms with Gasteiger partial charge in [0.1, 0.15) is 12.5 Å². The van der Waals surface area contributed by atoms with Crippen molar-refractivity contribution in [2.45, 2.75) is 52.0 Å². The van der Waals surface area contributed by atoms with Crippen molar-refractivity contribution in [2.75, 3.05) is 0 Å². The number of rotatable bonds is 8. The topological polar surface area (TPSA) is 111 Å². The molecule has 1 aromatic heterocycles. The summed E-state index contributed by atoms with van der Waals surface area (Å²) >= 11 is 0. The first-order chi connectivity index (χ1) is 9.02. The first-order valence-corrected chi connectivity index (χ1v) is 6.40. The van der Waals surface area contributed by atoms with E-state index in [-0.39, 0.29) is 24.3 Å². The number of hydrogen-bond acceptors (Lipinski definition) is 5. The zero-order chi connectivity index (χ0) is 14.3. The van der Waals surface area contributed by atoms with Gasteiger partial charge in [0.05, 0.1) is 0 Å². The second kappa shape index (κ2) is 7.50. The number of carbonyl (C=O) groups excluding carboxylic acids is 2. The molecule has 3 N–H and O–H groups in total. The van der Waals surface area contributed by atoms with E-state index in [0.29, 0.717) is 5.89 Å². The Morgan fingerprint density at radius 1 is 1.37 bits per heavy atom. The van der Waals surface area contributed by atoms with Gasteiger partial charge in [-0.2, -0.15) is 0 Å². The molecule has 0 aliphatic carbocycles. The van der Waals surface area contributed by atoms with Crippen LogP contribution in [0.3, 0.4) is 0 Å². The average molecular weight is 268 g/mol. The van der Waals surface area contributed by atoms with Gasteiger partial charge in [0, 0.05) is 6.92 Å². The van der Waals surface area contributed by atoms with E-state index in [1.54, 1.807) is 0 Å². The number of carbonyl (C=O) groups is 2. The molecule has 0 radical (unpaired) electrons. The largest absolute Gasteiger partial charge is 0.422 e. The number of nitrogens with two attached hydrogens (primary N) is 1. The fourth-order valence-corrected chi connectivity index (χ4v) is 1.73. The monoisotopic (exact) mass is 268 g/mol. The van der Waals surface area contributed by atoms with Crippen LogP contribution in [0, 0.1) is 0 Å². The van der Waals surface area contributed by atoms with Crippen molar-refractivity contribution >= 4 is 11.8 Å². The predicted octanol–water partition coefficient (Wildman–Crippen LogP) is 0.855. The summed E-state index contributed by atoms with van der Waals surface area (Å²) in [5.74, 6) is -0.190. The van der Waals surface area contributed by atoms with Crippen molar-refractivity contribution in [3.05, 3.63) is 11.8 Å². The van der Waals surface area contributed by atoms with Gasteiger partial charge in [-0.1, -0.05) is 26.2 Å². The minimum Gasteiger partial charge on any atom is -0.422 e. The highest BCUT2D eigenvalue weighted by Gasteiger charge is 2.19. The molecule has 1 rings (SSSR count). The van der Waals surface area contributed by atoms with Crippen LogP contribution in [0.25, 0.3) is 0 Å². The van der Waals surface area contributed by atoms with Crippen LogP contribution in [0.4, 0.5) is 0 Å². The summed E-state index contributed by atoms with van der Waals surface area (Å²) < 4.78 is 5.35. The first-order valence-electron chi connectivity index (χ1n) is 6.40. The molecule has 2 amide bonds. The summed E-state index contributed by atoms with van der Waals surface area (Å²) in [4.78, 5) is 21.9. The van der Waals surface area contributed by atoms with Crippen molar-refractivity contribution in [1.29, 1.82) is 0 Å². The predicted molar refractivity (Wildman–Crippen MR) is 67.9 cm³/mol. The number of primary amides is 1. The van der Waals surface area contributed by atoms with Crippen molar-refractivity contribution in [2.24, 2.45) is 5.73 Å². The SMILES string of the molecule is CCCCC[C@H](NC(C)=O)c1nnc(CC(N)=O)o1. The van der Waals surface area contributed by atoms with E-state index in [2.05, 4.69) is 22.4 Å². The van der Waals surface area contributed by atoms with Crippen molar-refractivity contribution in [3.8, 4) is 0 Å². The number of nitrogens with zero attached hydrogens (tertiary/aromatic N) is 2. The van der Waals surface area contributed by atoms with Gasteiger partial charge >= 0.3 is 0 Å². The third-order valence-corrected chi connectivity index (χ3v) is 2.58. The lowest BCUT2D eigenvalue weighted by Gasteiger charge is -2.13. The molecule has 19 heavy (non-hydrogen) atoms. The van der Waals surface area contributed by atoms with Gasteiger partial charge in [-0.15, -0.1) is 10.2 Å². The Labute approximate surface area is 111 Å². The summed E-state index contributed by atoms with van der Waals surface area (Å²) in [6, 6.07) is -0.307. The third kappa shape index (κ3) is 5.50. The molecule has 1 aromatic rings. The van der Waals surface area contributed by atoms with Crippen LogP contribution in [0.5, 0.6) is 0 Å². The van der Waals surface area contributed by atoms with Crippen molar-refractivity contribution < 1.29 is 14.0 Å². The summed E-state index contributed by atoms with van der Waals surface area (Å²) in [7, 11) is 0. The molecule has 106 valence electrons. The van der Waals surface area contributed by atoms with Crippen LogP contribution in [0.2, 0.25) is 0 Å². The van der Waals surface area contributed by atoms with Crippen LogP contribution in [-0.2, 0) is 16.0 Å². The number of hydrogen-bond donors (Lipinski definition) is 2. The second-order valence-electron chi connectivity index (χ2n) is 4.43. The molecule has 0 fully saturated rings. The zero-order valence-corrected chi connectivity index (χ0v) is 11.3. The Kier molecular flexibility index (Phi) is 5.98. The summed E-state index contributed by atoms with van der Waals surface area (Å²) in [6.45, 7) is 3.54. The summed E-state index contributed by atoms with van der Waals surface area (Å²) in [5, 5.41) is 10.4. The molecule has 7 nitrogen and oxygen atoms in total. The highest BCUT2D eigenvalue weighted by molar-refractivity contribution is 5.75. The van der Waals surface area contributed by atoms with Crippen molar-refractivity contribution in [1.82, 2.24) is 15.5 Å². The van der Waals surface area contributed by atoms with E-state index >= 15 is 0 Å². The smallest absolute Gasteiger partial charge is 0.238 e. The second-order valence-corrected chi connectivity index (χ2v) is 4.43. The van der Waals surface area contributed by atoms with Crippen LogP contribution in [-0.4, -0.2) is 22.0 Å². The highest BCUT2D eigenvalue weighted by Crippen LogP contribution is 2.19. The molecule has 1 heterocycles. The van der Waals surface area contributed by atoms with Crippen LogP contribution in [0.1, 0.15) is 57.4 Å². The molecule has 0 bridgehead atoms. The van der Waals surface area contributed by atoms with Gasteiger partial charge in [0.25, 0.3) is 0 Å². The van der Waals surface area contributed by atoms with Crippen LogP contribution in [0.15, 0.2) is 4.42 Å². The van der Waals surface area contributed by atoms with Gasteiger partial charge in [-0.3, -0.25) is 9.59 Å². The molecule has 0 aromatic carbocycles. The van der Waals surface area contributed by atoms with E-state index in [9.17, 15) is 9.59 Å². The van der Waals surface area contributed by atoms with Gasteiger partial charge < -0.3 is 15.5 Å². The molecule has 0 aliphatic rings. The molecular formula is C12H20N4O3. The Morgan fingerprint density at radius 3 is 2.68 bits per heavy atom. The van der Waals surface area contributed by atoms with E-state index in [1.807, 2.05) is 0 Å². The average Bonchev–Trinajstić information content (AvgIpc) is 2.75. The highest BCUT2D eigenvalue weighted by atomic mass is 16.4. The van der Waals surface area contributed by atoms with Gasteiger partial charge in [0.15, 0.2) is 0 Å². The fraction of sp³-hybridized carbons (Fsp3) is 0.667. The van der Waals surface area contributed by atoms with E-state index in [0.717, 1.165) is 25.7 Å². The zero-order valence-electron chi connectivity index (χ0n) is 11.3. The van der Waals surface area contributed by atoms with E-state index in [4.69, 9.17) is 10.2 Å². The first kappa shape index (κ1) is 15.1. The lowest BCUT2D eigenvalue weighted by Crippen LogP contribution is -2.26. The maximum Gasteiger partial charge on any atom is 0.238 e. The maximum atomic E-state index is 11.2. The number of aromatic nitrogens is 2. The van der Waals surface area contributed by atoms with Crippen molar-refractivity contribution in [3.63, 3.8) is 0 Å². The van der Waals surface area contributed by atoms with Gasteiger partial charge in [-0.05, 0) is 6.42 Å². The normalized spacial score (nSPS) is 12.1. The lowest BCUT2D eigenvalue weighted by molar-refractivity contribution is -0.120. The minimum atomic E-state index is -0.530. The quantitative estimate of drug-likeness (QED) is 0.679. The summed E-state index contributed by atoms with van der Waals surface area (Å²) in [5.41, 5.74) is 5.05. The molecule has 7 heteroatoms. The van der Waals surface area contributed by atoms with Gasteiger partial charge in [0.2, 0.25) is 23.6 Å². The Bertz CT molecular complexity index is 430. The Hall–Kier alpha value is -1.92. The maximum absolute atomic E-state index is 11.2. The summed E-state index contributed by atoms with van der Waals surface area (Å²) in [6.07, 6.45) is 3.75. The molecule has 0 unspecified atom stereocenters. The Morgan fingerprint density at radius 2 is 2.11 bits per heavy atom. The molecule has 0 aliphatic heterocycles. The standard InChI is InChI=1S/C12H20N4O3/c1-3-4-5-6-9(14-8(2)17)12-16-15-11(19-12)7-10(13)18/h9H,3-7H2,1-2H3,(H2,13,18)(H,14,17)/t9-/m0/s1. The Balaban J connectivity index is 2.69. The van der Waals surface area contributed by atoms with Crippen LogP contribution >= 0.6 is 0 Å². The van der Waals surface area contributed by atoms with E-state index in [1.165, 1.54) is 6.92 Å². The van der Waals surface area contributed by atoms with E-state index < -0.39 is 5.91 Å². The third-order valence-electron chi connectivity index (χ3n) is 2.58.